The van der Waals surface area contributed by atoms with Crippen molar-refractivity contribution in [2.24, 2.45) is 34.5 Å². The van der Waals surface area contributed by atoms with Gasteiger partial charge in [-0.1, -0.05) is 97.4 Å². The summed E-state index contributed by atoms with van der Waals surface area (Å²) in [5.41, 5.74) is -1.00. The molecule has 8 amide bonds. The molecule has 24 heteroatoms. The molecule has 1 spiro atoms. The first-order valence-corrected chi connectivity index (χ1v) is 31.8. The summed E-state index contributed by atoms with van der Waals surface area (Å²) in [5, 5.41) is 28.8. The number of aliphatic hydroxyl groups is 1. The van der Waals surface area contributed by atoms with Crippen LogP contribution in [0.1, 0.15) is 140 Å². The highest BCUT2D eigenvalue weighted by atomic mass is 16.6. The molecule has 1 aromatic carbocycles. The topological polar surface area (TPSA) is 317 Å². The third kappa shape index (κ3) is 21.8. The van der Waals surface area contributed by atoms with Crippen molar-refractivity contribution < 1.29 is 71.9 Å². The molecule has 1 aromatic rings. The van der Waals surface area contributed by atoms with E-state index in [1.54, 1.807) is 62.1 Å². The number of rotatable bonds is 35. The molecule has 24 nitrogen and oxygen atoms in total. The van der Waals surface area contributed by atoms with Gasteiger partial charge in [0.1, 0.15) is 42.1 Å². The van der Waals surface area contributed by atoms with Gasteiger partial charge in [-0.25, -0.2) is 9.59 Å². The average Bonchev–Trinajstić information content (AvgIpc) is 1.53. The Morgan fingerprint density at radius 1 is 0.865 bits per heavy atom. The molecule has 7 unspecified atom stereocenters. The number of methoxy groups -OCH3 is 1. The van der Waals surface area contributed by atoms with E-state index in [0.717, 1.165) is 12.0 Å². The van der Waals surface area contributed by atoms with Crippen LogP contribution in [0.3, 0.4) is 0 Å². The molecular formula is C65H105N9O15. The number of likely N-dealkylation sites (tertiary alicyclic amines) is 1. The van der Waals surface area contributed by atoms with Crippen LogP contribution < -0.4 is 37.2 Å². The Bertz CT molecular complexity index is 2610. The van der Waals surface area contributed by atoms with Crippen LogP contribution in [0.25, 0.3) is 0 Å². The number of hydrogen-bond donors (Lipinski definition) is 8. The summed E-state index contributed by atoms with van der Waals surface area (Å²) in [6, 6.07) is 6.30. The molecule has 8 N–H and O–H groups in total. The van der Waals surface area contributed by atoms with Gasteiger partial charge in [0, 0.05) is 50.5 Å². The molecule has 3 aliphatic heterocycles. The quantitative estimate of drug-likeness (QED) is 0.0269. The van der Waals surface area contributed by atoms with Crippen molar-refractivity contribution >= 4 is 53.4 Å². The number of allylic oxidation sites excluding steroid dienone is 1. The number of nitrogens with zero attached hydrogens (tertiary/aromatic N) is 2. The molecule has 0 aromatic heterocycles. The Balaban J connectivity index is 1.04. The first-order valence-electron chi connectivity index (χ1n) is 31.8. The second-order valence-electron chi connectivity index (χ2n) is 27.3. The normalized spacial score (nSPS) is 24.3. The number of carbonyl (C=O) groups is 9. The molecule has 3 heterocycles. The van der Waals surface area contributed by atoms with E-state index >= 15 is 0 Å². The Kier molecular flexibility index (Phi) is 27.6. The number of benzene rings is 1. The summed E-state index contributed by atoms with van der Waals surface area (Å²) in [7, 11) is 3.28. The lowest BCUT2D eigenvalue weighted by molar-refractivity contribution is -0.142. The van der Waals surface area contributed by atoms with Crippen LogP contribution in [0.4, 0.5) is 9.59 Å². The zero-order valence-corrected chi connectivity index (χ0v) is 55.3. The van der Waals surface area contributed by atoms with Crippen molar-refractivity contribution in [3.8, 4) is 0 Å². The Morgan fingerprint density at radius 3 is 2.18 bits per heavy atom. The molecule has 1 aliphatic carbocycles. The highest BCUT2D eigenvalue weighted by Gasteiger charge is 2.72. The van der Waals surface area contributed by atoms with Crippen molar-refractivity contribution in [3.63, 3.8) is 0 Å². The third-order valence-corrected chi connectivity index (χ3v) is 17.8. The molecule has 12 atom stereocenters. The van der Waals surface area contributed by atoms with Crippen LogP contribution >= 0.6 is 0 Å². The summed E-state index contributed by atoms with van der Waals surface area (Å²) in [6.07, 6.45) is 3.18. The van der Waals surface area contributed by atoms with Gasteiger partial charge in [0.2, 0.25) is 35.4 Å². The maximum atomic E-state index is 14.1. The Morgan fingerprint density at radius 2 is 1.56 bits per heavy atom. The SMILES string of the molecule is COC1C(OC(=O)N2CCC[C@H]2COC(=O)NC(=O)CN(C)CCNCC(=O)CNC(=O)[C@H](CC(C)C)NC(=O)[C@H](Cc2ccccc2)NC(=O)CNC(=O)C(C)(CC(C)(CC(C)C)C(=O)NCC(C)O)C(C)C)CC[C@]2(CO2)C1C1(C)O[C@@H]1CC=C(C)C. The number of epoxide rings is 2. The highest BCUT2D eigenvalue weighted by Crippen LogP contribution is 2.60. The minimum Gasteiger partial charge on any atom is -0.447 e. The van der Waals surface area contributed by atoms with Crippen LogP contribution in [-0.4, -0.2) is 202 Å². The molecule has 89 heavy (non-hydrogen) atoms. The number of carbonyl (C=O) groups excluding carboxylic acids is 9. The minimum atomic E-state index is -1.17. The summed E-state index contributed by atoms with van der Waals surface area (Å²) in [5.74, 6) is -3.94. The van der Waals surface area contributed by atoms with Gasteiger partial charge in [-0.05, 0) is 109 Å². The zero-order chi connectivity index (χ0) is 66.0. The molecule has 4 aliphatic rings. The number of aliphatic hydroxyl groups excluding tert-OH is 1. The fourth-order valence-electron chi connectivity index (χ4n) is 12.7. The second-order valence-corrected chi connectivity index (χ2v) is 27.3. The van der Waals surface area contributed by atoms with E-state index < -0.39 is 101 Å². The number of nitrogens with one attached hydrogen (secondary N) is 7. The monoisotopic (exact) mass is 1250 g/mol. The maximum Gasteiger partial charge on any atom is 0.413 e. The second kappa shape index (κ2) is 33.3. The number of ether oxygens (including phenoxy) is 5. The molecule has 3 saturated heterocycles. The standard InChI is InChI=1S/C65H105N9O15/c1-40(2)22-23-51-64(12,89-51)55-54(85-14)50(24-25-65(55)39-87-65)88-61(84)74-27-18-21-46(74)37-86-60(83)72-53(78)36-73(13)28-26-66-33-47(76)34-67-56(79)48(29-41(3)4)71-57(80)49(30-45-19-16-15-17-20-45)70-52(77)35-69-59(82)63(11,43(7)8)38-62(10,31-42(5)6)58(81)68-32-44(9)75/h15-17,19-20,22,41-44,46,48-51,54-55,66,75H,18,21,23-39H2,1-14H3,(H,67,79)(H,68,81)(H,69,82)(H,70,77)(H,71,80)(H,72,78,83)/t44?,46-,48-,49-,50?,51+,54?,55?,62?,63?,64?,65-/m0/s1. The largest absolute Gasteiger partial charge is 0.447 e. The van der Waals surface area contributed by atoms with Gasteiger partial charge in [-0.3, -0.25) is 43.8 Å². The van der Waals surface area contributed by atoms with Crippen molar-refractivity contribution in [3.05, 3.63) is 47.5 Å². The van der Waals surface area contributed by atoms with Crippen LogP contribution in [0.15, 0.2) is 42.0 Å². The molecular weight excluding hydrogens is 1150 g/mol. The smallest absolute Gasteiger partial charge is 0.413 e. The number of Topliss-reactive ketones (excluding diaryl/α,β-unsaturated/α-hetero) is 1. The van der Waals surface area contributed by atoms with Crippen molar-refractivity contribution in [2.45, 2.75) is 195 Å². The van der Waals surface area contributed by atoms with Gasteiger partial charge in [0.25, 0.3) is 0 Å². The Hall–Kier alpha value is -6.05. The Labute approximate surface area is 526 Å². The van der Waals surface area contributed by atoms with Crippen molar-refractivity contribution in [2.75, 3.05) is 79.7 Å². The lowest BCUT2D eigenvalue weighted by Crippen LogP contribution is -2.56. The molecule has 0 bridgehead atoms. The van der Waals surface area contributed by atoms with Gasteiger partial charge >= 0.3 is 12.2 Å². The van der Waals surface area contributed by atoms with Crippen LogP contribution in [0, 0.1) is 34.5 Å². The number of likely N-dealkylation sites (N-methyl/N-ethyl adjacent to an activating group) is 1. The van der Waals surface area contributed by atoms with Gasteiger partial charge in [0.05, 0.1) is 57.0 Å². The molecule has 1 saturated carbocycles. The maximum absolute atomic E-state index is 14.1. The predicted molar refractivity (Wildman–Crippen MR) is 334 cm³/mol. The number of alkyl carbamates (subject to hydrolysis) is 1. The summed E-state index contributed by atoms with van der Waals surface area (Å²) < 4.78 is 30.0. The minimum absolute atomic E-state index is 0.00760. The third-order valence-electron chi connectivity index (χ3n) is 17.8. The van der Waals surface area contributed by atoms with Gasteiger partial charge < -0.3 is 65.6 Å². The number of hydrogen-bond acceptors (Lipinski definition) is 17. The summed E-state index contributed by atoms with van der Waals surface area (Å²) >= 11 is 0. The molecule has 5 rings (SSSR count). The molecule has 500 valence electrons. The fraction of sp³-hybridized carbons (Fsp3) is 0.738. The first kappa shape index (κ1) is 73.7. The van der Waals surface area contributed by atoms with Gasteiger partial charge in [0.15, 0.2) is 5.78 Å². The van der Waals surface area contributed by atoms with E-state index in [9.17, 15) is 48.3 Å². The van der Waals surface area contributed by atoms with E-state index in [-0.39, 0.29) is 106 Å². The summed E-state index contributed by atoms with van der Waals surface area (Å²) in [6.45, 7) is 23.2. The van der Waals surface area contributed by atoms with E-state index in [0.29, 0.717) is 51.8 Å². The van der Waals surface area contributed by atoms with E-state index in [2.05, 4.69) is 64.1 Å². The number of imide groups is 1. The molecule has 0 radical (unpaired) electrons. The molecule has 4 fully saturated rings. The van der Waals surface area contributed by atoms with Crippen LogP contribution in [0.5, 0.6) is 0 Å². The van der Waals surface area contributed by atoms with E-state index in [1.165, 1.54) is 5.57 Å². The average molecular weight is 1250 g/mol. The van der Waals surface area contributed by atoms with Crippen molar-refractivity contribution in [1.82, 2.24) is 47.0 Å². The van der Waals surface area contributed by atoms with E-state index in [4.69, 9.17) is 23.7 Å². The number of amides is 8. The fourth-order valence-corrected chi connectivity index (χ4v) is 12.7. The van der Waals surface area contributed by atoms with Gasteiger partial charge in [-0.2, -0.15) is 0 Å². The van der Waals surface area contributed by atoms with E-state index in [1.807, 2.05) is 54.5 Å². The highest BCUT2D eigenvalue weighted by molar-refractivity contribution is 5.95. The number of ketones is 1. The van der Waals surface area contributed by atoms with Crippen LogP contribution in [0.2, 0.25) is 0 Å². The predicted octanol–water partition coefficient (Wildman–Crippen LogP) is 4.10. The van der Waals surface area contributed by atoms with Crippen LogP contribution in [-0.2, 0) is 63.7 Å². The summed E-state index contributed by atoms with van der Waals surface area (Å²) in [4.78, 5) is 125. The lowest BCUT2D eigenvalue weighted by Gasteiger charge is -2.43. The van der Waals surface area contributed by atoms with Gasteiger partial charge in [-0.15, -0.1) is 0 Å². The van der Waals surface area contributed by atoms with Crippen molar-refractivity contribution in [1.29, 1.82) is 0 Å². The zero-order valence-electron chi connectivity index (χ0n) is 55.3. The first-order chi connectivity index (χ1) is 41.8. The lowest BCUT2D eigenvalue weighted by atomic mass is 9.64.